The van der Waals surface area contributed by atoms with Crippen molar-refractivity contribution < 1.29 is 1.43 Å². The van der Waals surface area contributed by atoms with Gasteiger partial charge >= 0.3 is 0 Å². The van der Waals surface area contributed by atoms with Gasteiger partial charge in [-0.25, -0.2) is 0 Å². The molecule has 2 heteroatoms. The number of rotatable bonds is 0. The summed E-state index contributed by atoms with van der Waals surface area (Å²) in [4.78, 5) is 0. The standard InChI is InChI=1S/C9H8.CH5N.CH4.B.H2/c1-2-5-9-7-3-6-8(9)4-1;1-2;;;/h1-6H,7H2;2H2,1H3;1H4;;1H/i;;;;1+1. The summed E-state index contributed by atoms with van der Waals surface area (Å²) in [5, 5.41) is 0. The fourth-order valence-electron chi connectivity index (χ4n) is 1.20. The second-order valence-electron chi connectivity index (χ2n) is 2.31. The first-order valence-electron chi connectivity index (χ1n) is 3.79. The first-order valence-corrected chi connectivity index (χ1v) is 3.79. The average Bonchev–Trinajstić information content (AvgIpc) is 2.55. The van der Waals surface area contributed by atoms with E-state index < -0.39 is 0 Å². The third kappa shape index (κ3) is 3.47. The lowest BCUT2D eigenvalue weighted by atomic mass is 10.1. The molecular formula is C11H19BN. The van der Waals surface area contributed by atoms with Gasteiger partial charge in [0.2, 0.25) is 0 Å². The second-order valence-corrected chi connectivity index (χ2v) is 2.31. The Bertz CT molecular complexity index is 261. The smallest absolute Gasteiger partial charge is 0 e. The SMILES string of the molecule is C.C1=Cc2ccccc2C1.CN.[2HH].[B]. The van der Waals surface area contributed by atoms with Gasteiger partial charge < -0.3 is 5.73 Å². The number of hydrogen-bond donors (Lipinski definition) is 1. The molecule has 2 N–H and O–H groups in total. The van der Waals surface area contributed by atoms with E-state index in [1.165, 1.54) is 18.2 Å². The van der Waals surface area contributed by atoms with Gasteiger partial charge in [-0.1, -0.05) is 43.8 Å². The Kier molecular flexibility index (Phi) is 8.51. The molecule has 0 saturated carbocycles. The summed E-state index contributed by atoms with van der Waals surface area (Å²) in [6.45, 7) is 0. The van der Waals surface area contributed by atoms with Gasteiger partial charge in [-0.05, 0) is 24.6 Å². The predicted molar refractivity (Wildman–Crippen MR) is 63.9 cm³/mol. The summed E-state index contributed by atoms with van der Waals surface area (Å²) in [7, 11) is 1.50. The van der Waals surface area contributed by atoms with E-state index in [0.717, 1.165) is 6.42 Å². The number of hydrogen-bond acceptors (Lipinski definition) is 1. The van der Waals surface area contributed by atoms with Crippen molar-refractivity contribution in [2.45, 2.75) is 13.8 Å². The number of benzene rings is 1. The summed E-state index contributed by atoms with van der Waals surface area (Å²) in [5.41, 5.74) is 7.34. The molecular weight excluding hydrogens is 157 g/mol. The van der Waals surface area contributed by atoms with Gasteiger partial charge in [0.05, 0.1) is 0 Å². The van der Waals surface area contributed by atoms with Crippen LogP contribution >= 0.6 is 0 Å². The van der Waals surface area contributed by atoms with Gasteiger partial charge in [-0.3, -0.25) is 0 Å². The van der Waals surface area contributed by atoms with Crippen LogP contribution in [0.15, 0.2) is 30.3 Å². The van der Waals surface area contributed by atoms with Crippen molar-refractivity contribution in [3.63, 3.8) is 0 Å². The van der Waals surface area contributed by atoms with Crippen LogP contribution in [0.1, 0.15) is 20.0 Å². The zero-order chi connectivity index (χ0) is 8.10. The molecule has 0 bridgehead atoms. The minimum absolute atomic E-state index is 0. The molecule has 0 unspecified atom stereocenters. The average molecular weight is 177 g/mol. The van der Waals surface area contributed by atoms with E-state index in [2.05, 4.69) is 42.2 Å². The zero-order valence-electron chi connectivity index (χ0n) is 7.33. The molecule has 71 valence electrons. The minimum Gasteiger partial charge on any atom is -0.333 e. The maximum Gasteiger partial charge on any atom is 0 e. The molecule has 0 heterocycles. The minimum atomic E-state index is 0. The number of allylic oxidation sites excluding steroid dienone is 1. The molecule has 13 heavy (non-hydrogen) atoms. The fourth-order valence-corrected chi connectivity index (χ4v) is 1.20. The van der Waals surface area contributed by atoms with Crippen molar-refractivity contribution in [1.29, 1.82) is 0 Å². The molecule has 2 rings (SSSR count). The van der Waals surface area contributed by atoms with E-state index in [0.29, 0.717) is 0 Å². The highest BCUT2D eigenvalue weighted by Crippen LogP contribution is 2.17. The maximum absolute atomic E-state index is 4.50. The first kappa shape index (κ1) is 14.5. The normalized spacial score (nSPS) is 10.0. The molecule has 0 fully saturated rings. The molecule has 1 aliphatic carbocycles. The van der Waals surface area contributed by atoms with Gasteiger partial charge in [0.1, 0.15) is 0 Å². The molecule has 1 aromatic carbocycles. The number of nitrogens with two attached hydrogens (primary N) is 1. The molecule has 0 aliphatic heterocycles. The molecule has 0 spiro atoms. The van der Waals surface area contributed by atoms with Crippen LogP contribution < -0.4 is 5.73 Å². The van der Waals surface area contributed by atoms with Gasteiger partial charge in [0, 0.05) is 9.84 Å². The zero-order valence-corrected chi connectivity index (χ0v) is 7.33. The van der Waals surface area contributed by atoms with E-state index in [4.69, 9.17) is 0 Å². The third-order valence-corrected chi connectivity index (χ3v) is 1.69. The van der Waals surface area contributed by atoms with E-state index in [1.807, 2.05) is 0 Å². The Morgan fingerprint density at radius 3 is 2.46 bits per heavy atom. The quantitative estimate of drug-likeness (QED) is 0.604. The molecule has 1 aromatic rings. The molecule has 0 atom stereocenters. The van der Waals surface area contributed by atoms with Crippen LogP contribution in [0.5, 0.6) is 0 Å². The Hall–Kier alpha value is -1.02. The lowest BCUT2D eigenvalue weighted by Gasteiger charge is -1.93. The van der Waals surface area contributed by atoms with Crippen LogP contribution in [-0.2, 0) is 6.42 Å². The van der Waals surface area contributed by atoms with Gasteiger partial charge in [-0.2, -0.15) is 0 Å². The van der Waals surface area contributed by atoms with Crippen LogP contribution in [0, 0.1) is 0 Å². The molecule has 0 amide bonds. The Labute approximate surface area is 84.7 Å². The van der Waals surface area contributed by atoms with E-state index in [-0.39, 0.29) is 17.3 Å². The van der Waals surface area contributed by atoms with Gasteiger partial charge in [-0.15, -0.1) is 0 Å². The Morgan fingerprint density at radius 1 is 1.23 bits per heavy atom. The van der Waals surface area contributed by atoms with Crippen LogP contribution in [-0.4, -0.2) is 15.5 Å². The van der Waals surface area contributed by atoms with Crippen molar-refractivity contribution in [2.75, 3.05) is 7.05 Å². The highest BCUT2D eigenvalue weighted by atomic mass is 14.4. The second kappa shape index (κ2) is 7.62. The summed E-state index contributed by atoms with van der Waals surface area (Å²) >= 11 is 0. The summed E-state index contributed by atoms with van der Waals surface area (Å²) < 4.78 is 0. The summed E-state index contributed by atoms with van der Waals surface area (Å²) in [5.74, 6) is 0. The predicted octanol–water partition coefficient (Wildman–Crippen LogP) is 2.33. The number of fused-ring (bicyclic) bond motifs is 1. The van der Waals surface area contributed by atoms with Gasteiger partial charge in [0.15, 0.2) is 0 Å². The van der Waals surface area contributed by atoms with Crippen LogP contribution in [0.4, 0.5) is 0 Å². The highest BCUT2D eigenvalue weighted by molar-refractivity contribution is 5.75. The van der Waals surface area contributed by atoms with E-state index >= 15 is 0 Å². The van der Waals surface area contributed by atoms with Crippen molar-refractivity contribution in [1.82, 2.24) is 0 Å². The van der Waals surface area contributed by atoms with E-state index in [9.17, 15) is 0 Å². The Morgan fingerprint density at radius 2 is 1.85 bits per heavy atom. The van der Waals surface area contributed by atoms with Gasteiger partial charge in [0.25, 0.3) is 0 Å². The van der Waals surface area contributed by atoms with Crippen LogP contribution in [0.25, 0.3) is 6.08 Å². The third-order valence-electron chi connectivity index (χ3n) is 1.69. The lowest BCUT2D eigenvalue weighted by molar-refractivity contribution is 1.31. The molecule has 1 aliphatic rings. The fraction of sp³-hybridized carbons (Fsp3) is 0.273. The highest BCUT2D eigenvalue weighted by Gasteiger charge is 2.00. The van der Waals surface area contributed by atoms with Crippen LogP contribution in [0.2, 0.25) is 0 Å². The van der Waals surface area contributed by atoms with Crippen LogP contribution in [0.3, 0.4) is 0 Å². The topological polar surface area (TPSA) is 26.0 Å². The Balaban J connectivity index is -0.000000229. The maximum atomic E-state index is 4.50. The van der Waals surface area contributed by atoms with Crippen molar-refractivity contribution in [3.8, 4) is 0 Å². The monoisotopic (exact) mass is 177 g/mol. The van der Waals surface area contributed by atoms with Crippen molar-refractivity contribution in [3.05, 3.63) is 41.5 Å². The largest absolute Gasteiger partial charge is 0.333 e. The van der Waals surface area contributed by atoms with E-state index in [1.54, 1.807) is 0 Å². The molecule has 0 aromatic heterocycles. The first-order chi connectivity index (χ1) is 5.47. The molecule has 1 nitrogen and oxygen atoms in total. The molecule has 0 saturated heterocycles. The van der Waals surface area contributed by atoms with Crippen molar-refractivity contribution >= 4 is 14.5 Å². The molecule has 3 radical (unpaired) electrons. The summed E-state index contributed by atoms with van der Waals surface area (Å²) in [6, 6.07) is 8.49. The van der Waals surface area contributed by atoms with Crippen molar-refractivity contribution in [2.24, 2.45) is 5.73 Å². The lowest BCUT2D eigenvalue weighted by Crippen LogP contribution is -1.76. The summed E-state index contributed by atoms with van der Waals surface area (Å²) in [6.07, 6.45) is 5.50.